The van der Waals surface area contributed by atoms with Crippen molar-refractivity contribution in [1.29, 1.82) is 0 Å². The van der Waals surface area contributed by atoms with E-state index >= 15 is 0 Å². The summed E-state index contributed by atoms with van der Waals surface area (Å²) in [6, 6.07) is 7.51. The number of benzene rings is 1. The highest BCUT2D eigenvalue weighted by molar-refractivity contribution is 5.89. The number of hydrogen-bond donors (Lipinski definition) is 0. The van der Waals surface area contributed by atoms with Crippen LogP contribution in [0, 0.1) is 5.82 Å². The largest absolute Gasteiger partial charge is 0.351 e. The molecule has 3 aromatic heterocycles. The molecule has 2 aliphatic heterocycles. The zero-order valence-electron chi connectivity index (χ0n) is 21.7. The Morgan fingerprint density at radius 3 is 3.00 bits per heavy atom. The predicted molar refractivity (Wildman–Crippen MR) is 112 cm³/mol. The zero-order chi connectivity index (χ0) is 25.5. The lowest BCUT2D eigenvalue weighted by molar-refractivity contribution is 0.541. The molecule has 0 amide bonds. The van der Waals surface area contributed by atoms with E-state index in [2.05, 4.69) is 20.1 Å². The van der Waals surface area contributed by atoms with Crippen molar-refractivity contribution in [2.24, 2.45) is 0 Å². The van der Waals surface area contributed by atoms with Gasteiger partial charge in [-0.1, -0.05) is 0 Å². The van der Waals surface area contributed by atoms with Crippen LogP contribution < -0.4 is 9.80 Å². The van der Waals surface area contributed by atoms with Gasteiger partial charge in [0.05, 0.1) is 26.3 Å². The second-order valence-electron chi connectivity index (χ2n) is 7.11. The van der Waals surface area contributed by atoms with E-state index in [1.165, 1.54) is 36.9 Å². The lowest BCUT2D eigenvalue weighted by atomic mass is 10.0. The second-order valence-corrected chi connectivity index (χ2v) is 7.11. The molecule has 1 aromatic carbocycles. The van der Waals surface area contributed by atoms with Gasteiger partial charge in [-0.25, -0.2) is 19.0 Å². The van der Waals surface area contributed by atoms with E-state index in [-0.39, 0.29) is 11.5 Å². The van der Waals surface area contributed by atoms with Crippen LogP contribution >= 0.6 is 0 Å². The Hall–Kier alpha value is -3.55. The van der Waals surface area contributed by atoms with Gasteiger partial charge >= 0.3 is 0 Å². The van der Waals surface area contributed by atoms with E-state index in [1.807, 2.05) is 4.90 Å². The lowest BCUT2D eigenvalue weighted by Crippen LogP contribution is -2.33. The molecular weight excluding hydrogens is 381 g/mol. The third-order valence-electron chi connectivity index (χ3n) is 5.34. The summed E-state index contributed by atoms with van der Waals surface area (Å²) in [7, 11) is 0. The number of aromatic nitrogens is 5. The van der Waals surface area contributed by atoms with Gasteiger partial charge in [-0.2, -0.15) is 5.10 Å². The SMILES string of the molecule is [2H]C1([2H])N(c2cnc3c(c2)CN(c2ncnc4ccc(F)cc24)CC3)c2ccnn2C([2H])([2H])C1([2H])[2H]. The van der Waals surface area contributed by atoms with Crippen LogP contribution in [0.2, 0.25) is 0 Å². The molecule has 7 nitrogen and oxygen atoms in total. The minimum absolute atomic E-state index is 0.0758. The number of fused-ring (bicyclic) bond motifs is 3. The number of aryl methyl sites for hydroxylation is 1. The topological polar surface area (TPSA) is 63.0 Å². The Bertz CT molecular complexity index is 1510. The van der Waals surface area contributed by atoms with Crippen molar-refractivity contribution < 1.29 is 12.6 Å². The first-order valence-corrected chi connectivity index (χ1v) is 9.50. The minimum atomic E-state index is -2.94. The molecule has 0 fully saturated rings. The minimum Gasteiger partial charge on any atom is -0.351 e. The fourth-order valence-corrected chi connectivity index (χ4v) is 3.92. The van der Waals surface area contributed by atoms with Crippen LogP contribution in [-0.2, 0) is 19.5 Å². The molecule has 0 radical (unpaired) electrons. The van der Waals surface area contributed by atoms with Crippen LogP contribution in [0.4, 0.5) is 21.7 Å². The van der Waals surface area contributed by atoms with Gasteiger partial charge in [0, 0.05) is 55.1 Å². The number of nitrogens with zero attached hydrogens (tertiary/aromatic N) is 7. The van der Waals surface area contributed by atoms with Crippen molar-refractivity contribution in [2.75, 3.05) is 22.8 Å². The number of pyridine rings is 1. The normalized spacial score (nSPS) is 23.9. The molecule has 150 valence electrons. The van der Waals surface area contributed by atoms with Crippen molar-refractivity contribution >= 4 is 28.2 Å². The van der Waals surface area contributed by atoms with Crippen molar-refractivity contribution in [2.45, 2.75) is 25.8 Å². The Balaban J connectivity index is 1.43. The summed E-state index contributed by atoms with van der Waals surface area (Å²) < 4.78 is 65.3. The summed E-state index contributed by atoms with van der Waals surface area (Å²) in [4.78, 5) is 16.2. The molecule has 30 heavy (non-hydrogen) atoms. The zero-order valence-corrected chi connectivity index (χ0v) is 15.7. The molecule has 0 saturated heterocycles. The quantitative estimate of drug-likeness (QED) is 0.507. The van der Waals surface area contributed by atoms with Gasteiger partial charge < -0.3 is 9.80 Å². The van der Waals surface area contributed by atoms with Gasteiger partial charge in [0.25, 0.3) is 0 Å². The molecule has 0 spiro atoms. The van der Waals surface area contributed by atoms with Gasteiger partial charge in [-0.3, -0.25) is 4.98 Å². The molecule has 0 N–H and O–H groups in total. The molecule has 2 aliphatic rings. The van der Waals surface area contributed by atoms with Gasteiger partial charge in [0.2, 0.25) is 0 Å². The second kappa shape index (κ2) is 6.76. The molecule has 8 heteroatoms. The van der Waals surface area contributed by atoms with Gasteiger partial charge in [-0.15, -0.1) is 0 Å². The van der Waals surface area contributed by atoms with E-state index in [1.54, 1.807) is 12.1 Å². The number of rotatable bonds is 2. The lowest BCUT2D eigenvalue weighted by Gasteiger charge is -2.32. The van der Waals surface area contributed by atoms with E-state index in [0.29, 0.717) is 36.2 Å². The van der Waals surface area contributed by atoms with Gasteiger partial charge in [0.15, 0.2) is 0 Å². The first-order chi connectivity index (χ1) is 17.0. The summed E-state index contributed by atoms with van der Waals surface area (Å²) >= 11 is 0. The maximum atomic E-state index is 14.0. The number of anilines is 3. The number of hydrogen-bond acceptors (Lipinski definition) is 6. The van der Waals surface area contributed by atoms with Gasteiger partial charge in [0.1, 0.15) is 23.8 Å². The van der Waals surface area contributed by atoms with E-state index < -0.39 is 25.2 Å². The van der Waals surface area contributed by atoms with Gasteiger partial charge in [-0.05, 0) is 36.2 Å². The van der Waals surface area contributed by atoms with E-state index in [9.17, 15) is 4.39 Å². The summed E-state index contributed by atoms with van der Waals surface area (Å²) in [6.07, 6.45) is 1.84. The summed E-state index contributed by atoms with van der Waals surface area (Å²) in [5, 5.41) is 4.52. The molecule has 0 saturated carbocycles. The third kappa shape index (κ3) is 2.79. The molecular formula is C22H20FN7. The Morgan fingerprint density at radius 2 is 2.03 bits per heavy atom. The average molecular weight is 407 g/mol. The molecule has 0 atom stereocenters. The monoisotopic (exact) mass is 407 g/mol. The molecule has 0 unspecified atom stereocenters. The molecule has 0 aliphatic carbocycles. The van der Waals surface area contributed by atoms with Crippen LogP contribution in [-0.4, -0.2) is 37.8 Å². The first kappa shape index (κ1) is 12.2. The maximum absolute atomic E-state index is 14.0. The standard InChI is InChI=1S/C22H20FN7/c23-16-2-3-20-18(11-16)22(26-14-25-20)28-9-5-19-15(13-28)10-17(12-24-19)29-7-1-8-30-21(29)4-6-27-30/h2-4,6,10-12,14H,1,5,7-9,13H2/i1D2,7D2,8D2. The smallest absolute Gasteiger partial charge is 0.140 e. The highest BCUT2D eigenvalue weighted by Gasteiger charge is 2.24. The van der Waals surface area contributed by atoms with Crippen molar-refractivity contribution in [1.82, 2.24) is 24.7 Å². The number of halogens is 1. The fourth-order valence-electron chi connectivity index (χ4n) is 3.92. The van der Waals surface area contributed by atoms with E-state index in [4.69, 9.17) is 8.22 Å². The Morgan fingerprint density at radius 1 is 1.07 bits per heavy atom. The highest BCUT2D eigenvalue weighted by Crippen LogP contribution is 2.32. The first-order valence-electron chi connectivity index (χ1n) is 12.5. The highest BCUT2D eigenvalue weighted by atomic mass is 19.1. The molecule has 4 aromatic rings. The molecule has 6 rings (SSSR count). The summed E-state index contributed by atoms with van der Waals surface area (Å²) in [6.45, 7) is -4.52. The summed E-state index contributed by atoms with van der Waals surface area (Å²) in [5.41, 5.74) is 2.47. The van der Waals surface area contributed by atoms with Crippen LogP contribution in [0.25, 0.3) is 10.9 Å². The van der Waals surface area contributed by atoms with Crippen LogP contribution in [0.5, 0.6) is 0 Å². The van der Waals surface area contributed by atoms with Crippen molar-refractivity contribution in [3.05, 3.63) is 66.1 Å². The van der Waals surface area contributed by atoms with Crippen molar-refractivity contribution in [3.8, 4) is 0 Å². The molecule has 5 heterocycles. The Kier molecular flexibility index (Phi) is 2.75. The van der Waals surface area contributed by atoms with Crippen LogP contribution in [0.3, 0.4) is 0 Å². The summed E-state index contributed by atoms with van der Waals surface area (Å²) in [5.74, 6) is 0.260. The Labute approximate surface area is 181 Å². The van der Waals surface area contributed by atoms with Crippen molar-refractivity contribution in [3.63, 3.8) is 0 Å². The predicted octanol–water partition coefficient (Wildman–Crippen LogP) is 3.46. The van der Waals surface area contributed by atoms with Crippen LogP contribution in [0.1, 0.15) is 25.9 Å². The molecule has 0 bridgehead atoms. The van der Waals surface area contributed by atoms with E-state index in [0.717, 1.165) is 20.8 Å². The van der Waals surface area contributed by atoms with Crippen LogP contribution in [0.15, 0.2) is 49.1 Å². The fraction of sp³-hybridized carbons (Fsp3) is 0.273. The average Bonchev–Trinajstić information content (AvgIpc) is 3.32. The third-order valence-corrected chi connectivity index (χ3v) is 5.34. The maximum Gasteiger partial charge on any atom is 0.140 e.